The van der Waals surface area contributed by atoms with Crippen LogP contribution in [0.2, 0.25) is 0 Å². The number of aryl methyl sites for hydroxylation is 2. The van der Waals surface area contributed by atoms with E-state index >= 15 is 0 Å². The van der Waals surface area contributed by atoms with Gasteiger partial charge in [-0.2, -0.15) is 5.10 Å². The number of nitrogens with zero attached hydrogens (tertiary/aromatic N) is 2. The fourth-order valence-electron chi connectivity index (χ4n) is 1.90. The Morgan fingerprint density at radius 3 is 2.65 bits per heavy atom. The summed E-state index contributed by atoms with van der Waals surface area (Å²) in [7, 11) is 3.43. The Morgan fingerprint density at radius 1 is 1.35 bits per heavy atom. The van der Waals surface area contributed by atoms with Crippen molar-refractivity contribution in [2.75, 3.05) is 7.11 Å². The lowest BCUT2D eigenvalue weighted by atomic mass is 10.0. The van der Waals surface area contributed by atoms with E-state index in [-0.39, 0.29) is 0 Å². The van der Waals surface area contributed by atoms with E-state index < -0.39 is 0 Å². The summed E-state index contributed by atoms with van der Waals surface area (Å²) in [6, 6.07) is 3.80. The molecule has 0 aliphatic rings. The van der Waals surface area contributed by atoms with Gasteiger partial charge in [0.1, 0.15) is 5.75 Å². The first-order chi connectivity index (χ1) is 8.15. The van der Waals surface area contributed by atoms with Gasteiger partial charge in [-0.15, -0.1) is 0 Å². The fourth-order valence-corrected chi connectivity index (χ4v) is 1.90. The summed E-state index contributed by atoms with van der Waals surface area (Å²) in [5.41, 5.74) is 3.46. The van der Waals surface area contributed by atoms with E-state index in [9.17, 15) is 4.79 Å². The Kier molecular flexibility index (Phi) is 2.95. The average molecular weight is 230 g/mol. The minimum Gasteiger partial charge on any atom is -0.496 e. The van der Waals surface area contributed by atoms with Gasteiger partial charge in [0, 0.05) is 18.8 Å². The molecule has 4 nitrogen and oxygen atoms in total. The first kappa shape index (κ1) is 11.4. The average Bonchev–Trinajstić information content (AvgIpc) is 2.74. The van der Waals surface area contributed by atoms with Crippen LogP contribution in [0.1, 0.15) is 15.9 Å². The van der Waals surface area contributed by atoms with Crippen LogP contribution in [0.5, 0.6) is 5.75 Å². The maximum atomic E-state index is 11.0. The monoisotopic (exact) mass is 230 g/mol. The minimum atomic E-state index is 0.561. The smallest absolute Gasteiger partial charge is 0.153 e. The Morgan fingerprint density at radius 2 is 2.12 bits per heavy atom. The molecule has 0 amide bonds. The number of hydrogen-bond acceptors (Lipinski definition) is 3. The molecule has 0 saturated heterocycles. The van der Waals surface area contributed by atoms with Crippen molar-refractivity contribution >= 4 is 6.29 Å². The third-order valence-corrected chi connectivity index (χ3v) is 2.67. The second-order valence-electron chi connectivity index (χ2n) is 3.94. The number of aldehydes is 1. The van der Waals surface area contributed by atoms with Crippen molar-refractivity contribution in [2.24, 2.45) is 7.05 Å². The third-order valence-electron chi connectivity index (χ3n) is 2.67. The summed E-state index contributed by atoms with van der Waals surface area (Å²) in [4.78, 5) is 11.0. The van der Waals surface area contributed by atoms with Gasteiger partial charge in [-0.1, -0.05) is 0 Å². The van der Waals surface area contributed by atoms with Crippen LogP contribution in [0.25, 0.3) is 11.1 Å². The number of rotatable bonds is 3. The van der Waals surface area contributed by atoms with E-state index in [4.69, 9.17) is 4.74 Å². The van der Waals surface area contributed by atoms with Crippen LogP contribution in [0.4, 0.5) is 0 Å². The number of carbonyl (C=O) groups is 1. The van der Waals surface area contributed by atoms with E-state index in [0.29, 0.717) is 11.3 Å². The van der Waals surface area contributed by atoms with Gasteiger partial charge in [-0.05, 0) is 30.2 Å². The van der Waals surface area contributed by atoms with Crippen LogP contribution in [0.15, 0.2) is 24.5 Å². The van der Waals surface area contributed by atoms with Crippen LogP contribution in [-0.4, -0.2) is 23.2 Å². The van der Waals surface area contributed by atoms with Crippen LogP contribution in [-0.2, 0) is 7.05 Å². The highest BCUT2D eigenvalue weighted by atomic mass is 16.5. The van der Waals surface area contributed by atoms with Gasteiger partial charge in [0.15, 0.2) is 6.29 Å². The van der Waals surface area contributed by atoms with Crippen molar-refractivity contribution in [3.05, 3.63) is 35.7 Å². The SMILES string of the molecule is COc1c(C)cc(-c2cnn(C)c2)cc1C=O. The van der Waals surface area contributed by atoms with Crippen LogP contribution < -0.4 is 4.74 Å². The van der Waals surface area contributed by atoms with E-state index in [2.05, 4.69) is 5.10 Å². The van der Waals surface area contributed by atoms with E-state index in [1.165, 1.54) is 0 Å². The Balaban J connectivity index is 2.57. The molecule has 0 fully saturated rings. The Labute approximate surface area is 99.8 Å². The van der Waals surface area contributed by atoms with Gasteiger partial charge in [0.25, 0.3) is 0 Å². The zero-order valence-corrected chi connectivity index (χ0v) is 10.1. The molecule has 2 aromatic rings. The second-order valence-corrected chi connectivity index (χ2v) is 3.94. The van der Waals surface area contributed by atoms with Crippen LogP contribution in [0.3, 0.4) is 0 Å². The molecule has 0 unspecified atom stereocenters. The highest BCUT2D eigenvalue weighted by Gasteiger charge is 2.10. The van der Waals surface area contributed by atoms with Crippen molar-refractivity contribution in [3.63, 3.8) is 0 Å². The first-order valence-corrected chi connectivity index (χ1v) is 5.28. The quantitative estimate of drug-likeness (QED) is 0.759. The molecule has 17 heavy (non-hydrogen) atoms. The molecule has 88 valence electrons. The highest BCUT2D eigenvalue weighted by Crippen LogP contribution is 2.29. The predicted molar refractivity (Wildman–Crippen MR) is 65.3 cm³/mol. The van der Waals surface area contributed by atoms with Gasteiger partial charge < -0.3 is 4.74 Å². The van der Waals surface area contributed by atoms with Gasteiger partial charge in [-0.3, -0.25) is 9.48 Å². The number of benzene rings is 1. The standard InChI is InChI=1S/C13H14N2O2/c1-9-4-10(12-6-14-15(2)7-12)5-11(8-16)13(9)17-3/h4-8H,1-3H3. The molecular weight excluding hydrogens is 216 g/mol. The van der Waals surface area contributed by atoms with E-state index in [1.54, 1.807) is 18.0 Å². The normalized spacial score (nSPS) is 10.3. The molecule has 2 rings (SSSR count). The summed E-state index contributed by atoms with van der Waals surface area (Å²) in [6.07, 6.45) is 4.50. The summed E-state index contributed by atoms with van der Waals surface area (Å²) in [5, 5.41) is 4.12. The first-order valence-electron chi connectivity index (χ1n) is 5.28. The summed E-state index contributed by atoms with van der Waals surface area (Å²) >= 11 is 0. The Bertz CT molecular complexity index is 559. The molecule has 4 heteroatoms. The van der Waals surface area contributed by atoms with Gasteiger partial charge in [0.2, 0.25) is 0 Å². The molecular formula is C13H14N2O2. The number of methoxy groups -OCH3 is 1. The zero-order chi connectivity index (χ0) is 12.4. The van der Waals surface area contributed by atoms with E-state index in [1.807, 2.05) is 32.3 Å². The molecule has 0 aliphatic carbocycles. The van der Waals surface area contributed by atoms with Gasteiger partial charge >= 0.3 is 0 Å². The molecule has 0 aliphatic heterocycles. The van der Waals surface area contributed by atoms with Crippen molar-refractivity contribution < 1.29 is 9.53 Å². The highest BCUT2D eigenvalue weighted by molar-refractivity contribution is 5.84. The lowest BCUT2D eigenvalue weighted by molar-refractivity contribution is 0.112. The van der Waals surface area contributed by atoms with Crippen molar-refractivity contribution in [1.82, 2.24) is 9.78 Å². The molecule has 1 heterocycles. The third kappa shape index (κ3) is 2.06. The van der Waals surface area contributed by atoms with Crippen LogP contribution >= 0.6 is 0 Å². The Hall–Kier alpha value is -2.10. The summed E-state index contributed by atoms with van der Waals surface area (Å²) in [5.74, 6) is 0.632. The topological polar surface area (TPSA) is 44.1 Å². The lowest BCUT2D eigenvalue weighted by Crippen LogP contribution is -1.94. The number of ether oxygens (including phenoxy) is 1. The molecule has 1 aromatic heterocycles. The molecule has 0 saturated carbocycles. The van der Waals surface area contributed by atoms with Crippen molar-refractivity contribution in [2.45, 2.75) is 6.92 Å². The molecule has 1 aromatic carbocycles. The molecule has 0 bridgehead atoms. The molecule has 0 spiro atoms. The fraction of sp³-hybridized carbons (Fsp3) is 0.231. The maximum Gasteiger partial charge on any atom is 0.153 e. The molecule has 0 radical (unpaired) electrons. The molecule has 0 atom stereocenters. The predicted octanol–water partition coefficient (Wildman–Crippen LogP) is 2.22. The van der Waals surface area contributed by atoms with Crippen LogP contribution in [0, 0.1) is 6.92 Å². The van der Waals surface area contributed by atoms with Crippen molar-refractivity contribution in [3.8, 4) is 16.9 Å². The second kappa shape index (κ2) is 4.41. The van der Waals surface area contributed by atoms with Crippen molar-refractivity contribution in [1.29, 1.82) is 0 Å². The maximum absolute atomic E-state index is 11.0. The number of aromatic nitrogens is 2. The number of hydrogen-bond donors (Lipinski definition) is 0. The lowest BCUT2D eigenvalue weighted by Gasteiger charge is -2.09. The molecule has 0 N–H and O–H groups in total. The van der Waals surface area contributed by atoms with E-state index in [0.717, 1.165) is 23.0 Å². The summed E-state index contributed by atoms with van der Waals surface area (Å²) < 4.78 is 6.94. The van der Waals surface area contributed by atoms with Gasteiger partial charge in [0.05, 0.1) is 18.9 Å². The number of carbonyl (C=O) groups excluding carboxylic acids is 1. The zero-order valence-electron chi connectivity index (χ0n) is 10.1. The van der Waals surface area contributed by atoms with Gasteiger partial charge in [-0.25, -0.2) is 0 Å². The minimum absolute atomic E-state index is 0.561. The largest absolute Gasteiger partial charge is 0.496 e. The summed E-state index contributed by atoms with van der Waals surface area (Å²) in [6.45, 7) is 1.92.